The van der Waals surface area contributed by atoms with Gasteiger partial charge in [-0.25, -0.2) is 11.4 Å². The molecule has 1 rings (SSSR count). The summed E-state index contributed by atoms with van der Waals surface area (Å²) < 4.78 is 0. The van der Waals surface area contributed by atoms with Gasteiger partial charge in [0.2, 0.25) is 11.7 Å². The molecule has 2 nitrogen and oxygen atoms in total. The van der Waals surface area contributed by atoms with Crippen LogP contribution in [0.2, 0.25) is 0 Å². The number of hydrogen-bond acceptors (Lipinski definition) is 0. The van der Waals surface area contributed by atoms with Gasteiger partial charge >= 0.3 is 0 Å². The van der Waals surface area contributed by atoms with Crippen LogP contribution in [-0.4, -0.2) is 0 Å². The standard InChI is InChI=1S/C11H10N2.2Pt/c1-8-6-5-7-10(9(2)12-3)11(8)13-4;;/h5-7,9H,1-2H3;;. The Labute approximate surface area is 119 Å². The van der Waals surface area contributed by atoms with Gasteiger partial charge in [-0.15, -0.1) is 0 Å². The first-order valence-electron chi connectivity index (χ1n) is 4.04. The largest absolute Gasteiger partial charge is 0.310 e. The van der Waals surface area contributed by atoms with E-state index in [1.54, 1.807) is 0 Å². The van der Waals surface area contributed by atoms with Gasteiger partial charge in [0, 0.05) is 54.6 Å². The van der Waals surface area contributed by atoms with Gasteiger partial charge in [-0.05, 0) is 12.5 Å². The Balaban J connectivity index is 0. The molecule has 1 atom stereocenters. The molecule has 0 saturated carbocycles. The van der Waals surface area contributed by atoms with Crippen molar-refractivity contribution in [3.8, 4) is 0 Å². The molecule has 0 aliphatic rings. The van der Waals surface area contributed by atoms with E-state index in [1.807, 2.05) is 32.0 Å². The SMILES string of the molecule is [C-]#[N+]c1c(C)cccc1C(C)[N+]#[C-].[Pt].[Pt]. The molecular formula is C11H10N2Pt2. The number of aryl methyl sites for hydroxylation is 1. The monoisotopic (exact) mass is 560 g/mol. The van der Waals surface area contributed by atoms with Gasteiger partial charge in [0.1, 0.15) is 0 Å². The molecular weight excluding hydrogens is 550 g/mol. The molecule has 0 heterocycles. The third kappa shape index (κ3) is 3.91. The maximum absolute atomic E-state index is 7.02. The van der Waals surface area contributed by atoms with E-state index < -0.39 is 0 Å². The van der Waals surface area contributed by atoms with Gasteiger partial charge in [-0.2, -0.15) is 0 Å². The minimum absolute atomic E-state index is 0. The first-order valence-corrected chi connectivity index (χ1v) is 4.04. The summed E-state index contributed by atoms with van der Waals surface area (Å²) in [6.07, 6.45) is 0. The number of benzene rings is 1. The van der Waals surface area contributed by atoms with Crippen LogP contribution in [0.15, 0.2) is 18.2 Å². The molecule has 0 radical (unpaired) electrons. The molecule has 0 aliphatic heterocycles. The Bertz CT molecular complexity index is 402. The van der Waals surface area contributed by atoms with Gasteiger partial charge in [0.05, 0.1) is 6.57 Å². The Morgan fingerprint density at radius 3 is 2.27 bits per heavy atom. The van der Waals surface area contributed by atoms with Crippen molar-refractivity contribution in [1.82, 2.24) is 0 Å². The fraction of sp³-hybridized carbons (Fsp3) is 0.273. The molecule has 84 valence electrons. The van der Waals surface area contributed by atoms with Crippen LogP contribution in [0.5, 0.6) is 0 Å². The second kappa shape index (κ2) is 7.81. The van der Waals surface area contributed by atoms with Crippen molar-refractivity contribution in [2.45, 2.75) is 19.9 Å². The van der Waals surface area contributed by atoms with E-state index in [0.717, 1.165) is 11.1 Å². The molecule has 15 heavy (non-hydrogen) atoms. The van der Waals surface area contributed by atoms with E-state index >= 15 is 0 Å². The molecule has 0 aromatic heterocycles. The van der Waals surface area contributed by atoms with Gasteiger partial charge in [-0.3, -0.25) is 0 Å². The average molecular weight is 560 g/mol. The normalized spacial score (nSPS) is 9.87. The predicted octanol–water partition coefficient (Wildman–Crippen LogP) is 3.52. The third-order valence-corrected chi connectivity index (χ3v) is 2.02. The first-order chi connectivity index (χ1) is 6.20. The Morgan fingerprint density at radius 1 is 1.20 bits per heavy atom. The van der Waals surface area contributed by atoms with E-state index in [2.05, 4.69) is 9.69 Å². The third-order valence-electron chi connectivity index (χ3n) is 2.02. The zero-order valence-electron chi connectivity index (χ0n) is 8.34. The van der Waals surface area contributed by atoms with Crippen LogP contribution in [0.1, 0.15) is 24.1 Å². The van der Waals surface area contributed by atoms with Crippen LogP contribution < -0.4 is 0 Å². The summed E-state index contributed by atoms with van der Waals surface area (Å²) in [5.41, 5.74) is 2.42. The summed E-state index contributed by atoms with van der Waals surface area (Å²) in [6, 6.07) is 5.42. The van der Waals surface area contributed by atoms with Gasteiger partial charge in [0.15, 0.2) is 0 Å². The average Bonchev–Trinajstić information content (AvgIpc) is 2.16. The van der Waals surface area contributed by atoms with Crippen LogP contribution in [0.3, 0.4) is 0 Å². The number of rotatable bonds is 1. The van der Waals surface area contributed by atoms with E-state index in [4.69, 9.17) is 13.1 Å². The minimum atomic E-state index is -0.219. The van der Waals surface area contributed by atoms with Crippen LogP contribution in [0, 0.1) is 20.1 Å². The number of hydrogen-bond donors (Lipinski definition) is 0. The molecule has 0 amide bonds. The summed E-state index contributed by atoms with van der Waals surface area (Å²) in [5.74, 6) is 0. The van der Waals surface area contributed by atoms with Crippen molar-refractivity contribution in [3.63, 3.8) is 0 Å². The molecule has 0 bridgehead atoms. The molecule has 0 aliphatic carbocycles. The van der Waals surface area contributed by atoms with Crippen molar-refractivity contribution < 1.29 is 42.1 Å². The van der Waals surface area contributed by atoms with Crippen LogP contribution in [0.25, 0.3) is 9.69 Å². The molecule has 1 aromatic carbocycles. The maximum Gasteiger partial charge on any atom is 0.237 e. The maximum atomic E-state index is 7.02. The minimum Gasteiger partial charge on any atom is -0.310 e. The molecule has 0 spiro atoms. The second-order valence-corrected chi connectivity index (χ2v) is 2.93. The summed E-state index contributed by atoms with van der Waals surface area (Å²) in [5, 5.41) is 0. The molecule has 0 fully saturated rings. The van der Waals surface area contributed by atoms with Gasteiger partial charge in [-0.1, -0.05) is 18.2 Å². The number of nitrogens with zero attached hydrogens (tertiary/aromatic N) is 2. The van der Waals surface area contributed by atoms with E-state index in [0.29, 0.717) is 5.69 Å². The molecule has 4 heteroatoms. The molecule has 1 unspecified atom stereocenters. The van der Waals surface area contributed by atoms with Crippen molar-refractivity contribution in [2.24, 2.45) is 0 Å². The van der Waals surface area contributed by atoms with E-state index in [1.165, 1.54) is 0 Å². The molecule has 0 saturated heterocycles. The zero-order valence-corrected chi connectivity index (χ0v) is 12.9. The Hall–Kier alpha value is -0.423. The van der Waals surface area contributed by atoms with E-state index in [9.17, 15) is 0 Å². The van der Waals surface area contributed by atoms with Crippen LogP contribution in [-0.2, 0) is 42.1 Å². The molecule has 0 N–H and O–H groups in total. The zero-order chi connectivity index (χ0) is 9.84. The molecule has 1 aromatic rings. The first kappa shape index (κ1) is 17.0. The quantitative estimate of drug-likeness (QED) is 0.466. The van der Waals surface area contributed by atoms with Crippen molar-refractivity contribution in [2.75, 3.05) is 0 Å². The summed E-state index contributed by atoms with van der Waals surface area (Å²) in [6.45, 7) is 17.6. The Kier molecular flexibility index (Phi) is 8.85. The van der Waals surface area contributed by atoms with Crippen molar-refractivity contribution in [1.29, 1.82) is 0 Å². The van der Waals surface area contributed by atoms with Crippen molar-refractivity contribution in [3.05, 3.63) is 52.2 Å². The van der Waals surface area contributed by atoms with Gasteiger partial charge < -0.3 is 4.85 Å². The van der Waals surface area contributed by atoms with E-state index in [-0.39, 0.29) is 48.2 Å². The van der Waals surface area contributed by atoms with Crippen LogP contribution in [0.4, 0.5) is 5.69 Å². The van der Waals surface area contributed by atoms with Crippen LogP contribution >= 0.6 is 0 Å². The fourth-order valence-electron chi connectivity index (χ4n) is 1.24. The summed E-state index contributed by atoms with van der Waals surface area (Å²) >= 11 is 0. The van der Waals surface area contributed by atoms with Crippen molar-refractivity contribution >= 4 is 5.69 Å². The summed E-state index contributed by atoms with van der Waals surface area (Å²) in [7, 11) is 0. The number of para-hydroxylation sites is 1. The Morgan fingerprint density at radius 2 is 1.80 bits per heavy atom. The van der Waals surface area contributed by atoms with Gasteiger partial charge in [0.25, 0.3) is 0 Å². The second-order valence-electron chi connectivity index (χ2n) is 2.93. The summed E-state index contributed by atoms with van der Waals surface area (Å²) in [4.78, 5) is 6.86. The smallest absolute Gasteiger partial charge is 0.237 e. The topological polar surface area (TPSA) is 8.72 Å². The fourth-order valence-corrected chi connectivity index (χ4v) is 1.24. The predicted molar refractivity (Wildman–Crippen MR) is 52.5 cm³/mol.